The number of guanidine groups is 1. The van der Waals surface area contributed by atoms with Crippen molar-refractivity contribution in [2.75, 3.05) is 46.3 Å². The van der Waals surface area contributed by atoms with Gasteiger partial charge < -0.3 is 30.3 Å². The zero-order valence-electron chi connectivity index (χ0n) is 20.9. The van der Waals surface area contributed by atoms with Gasteiger partial charge in [0.2, 0.25) is 0 Å². The number of nitrogens with zero attached hydrogens (tertiary/aromatic N) is 3. The van der Waals surface area contributed by atoms with Gasteiger partial charge >= 0.3 is 6.09 Å². The summed E-state index contributed by atoms with van der Waals surface area (Å²) in [7, 11) is 2.04. The molecule has 0 aliphatic carbocycles. The summed E-state index contributed by atoms with van der Waals surface area (Å²) in [6, 6.07) is 0.0367. The molecule has 0 spiro atoms. The molecule has 0 bridgehead atoms. The zero-order chi connectivity index (χ0) is 23.4. The molecule has 1 unspecified atom stereocenters. The van der Waals surface area contributed by atoms with E-state index in [0.717, 1.165) is 70.9 Å². The van der Waals surface area contributed by atoms with Crippen molar-refractivity contribution in [1.82, 2.24) is 20.4 Å². The first-order chi connectivity index (χ1) is 14.5. The standard InChI is InChI=1S/C23H47N5O3/c1-8-24-21(25-13-9-14-28-16-10-19(29)11-17-28)27(7)15-12-20(18(2)3)26-22(30)31-23(4,5)6/h18-20,29H,8-17H2,1-7H3,(H,24,25)(H,26,30). The molecule has 1 amide bonds. The third-order valence-electron chi connectivity index (χ3n) is 5.43. The highest BCUT2D eigenvalue weighted by atomic mass is 16.6. The Morgan fingerprint density at radius 3 is 2.48 bits per heavy atom. The van der Waals surface area contributed by atoms with Crippen LogP contribution in [-0.4, -0.2) is 91.0 Å². The summed E-state index contributed by atoms with van der Waals surface area (Å²) in [5, 5.41) is 16.0. The number of alkyl carbamates (subject to hydrolysis) is 1. The molecule has 31 heavy (non-hydrogen) atoms. The van der Waals surface area contributed by atoms with E-state index in [4.69, 9.17) is 9.73 Å². The average molecular weight is 442 g/mol. The van der Waals surface area contributed by atoms with Crippen molar-refractivity contribution in [3.05, 3.63) is 0 Å². The van der Waals surface area contributed by atoms with Gasteiger partial charge in [-0.3, -0.25) is 4.99 Å². The minimum Gasteiger partial charge on any atom is -0.444 e. The Labute approximate surface area is 189 Å². The molecule has 1 rings (SSSR count). The highest BCUT2D eigenvalue weighted by Crippen LogP contribution is 2.12. The van der Waals surface area contributed by atoms with Crippen LogP contribution in [-0.2, 0) is 4.74 Å². The summed E-state index contributed by atoms with van der Waals surface area (Å²) in [6.45, 7) is 17.3. The maximum absolute atomic E-state index is 12.2. The summed E-state index contributed by atoms with van der Waals surface area (Å²) >= 11 is 0. The molecule has 1 aliphatic rings. The summed E-state index contributed by atoms with van der Waals surface area (Å²) in [5.41, 5.74) is -0.499. The zero-order valence-corrected chi connectivity index (χ0v) is 20.9. The van der Waals surface area contributed by atoms with E-state index in [2.05, 4.69) is 41.2 Å². The third-order valence-corrected chi connectivity index (χ3v) is 5.43. The van der Waals surface area contributed by atoms with E-state index in [1.54, 1.807) is 0 Å². The van der Waals surface area contributed by atoms with Crippen molar-refractivity contribution in [2.24, 2.45) is 10.9 Å². The Hall–Kier alpha value is -1.54. The van der Waals surface area contributed by atoms with Crippen molar-refractivity contribution in [1.29, 1.82) is 0 Å². The molecule has 1 saturated heterocycles. The van der Waals surface area contributed by atoms with Crippen LogP contribution >= 0.6 is 0 Å². The predicted octanol–water partition coefficient (Wildman–Crippen LogP) is 2.67. The number of hydrogen-bond acceptors (Lipinski definition) is 5. The van der Waals surface area contributed by atoms with Crippen molar-refractivity contribution in [2.45, 2.75) is 85.0 Å². The molecule has 0 aromatic heterocycles. The molecule has 8 heteroatoms. The van der Waals surface area contributed by atoms with Crippen molar-refractivity contribution in [3.8, 4) is 0 Å². The van der Waals surface area contributed by atoms with Gasteiger partial charge in [-0.05, 0) is 65.8 Å². The molecule has 0 aromatic rings. The lowest BCUT2D eigenvalue weighted by atomic mass is 10.0. The van der Waals surface area contributed by atoms with Crippen molar-refractivity contribution < 1.29 is 14.6 Å². The molecule has 0 aromatic carbocycles. The fourth-order valence-electron chi connectivity index (χ4n) is 3.56. The number of hydrogen-bond donors (Lipinski definition) is 3. The molecule has 1 atom stereocenters. The molecule has 0 saturated carbocycles. The van der Waals surface area contributed by atoms with Gasteiger partial charge in [-0.1, -0.05) is 13.8 Å². The summed E-state index contributed by atoms with van der Waals surface area (Å²) in [4.78, 5) is 21.5. The fraction of sp³-hybridized carbons (Fsp3) is 0.913. The van der Waals surface area contributed by atoms with Crippen LogP contribution in [0.15, 0.2) is 4.99 Å². The van der Waals surface area contributed by atoms with Gasteiger partial charge in [-0.2, -0.15) is 0 Å². The lowest BCUT2D eigenvalue weighted by Crippen LogP contribution is -2.45. The van der Waals surface area contributed by atoms with Crippen LogP contribution in [0.25, 0.3) is 0 Å². The minimum atomic E-state index is -0.499. The molecule has 8 nitrogen and oxygen atoms in total. The van der Waals surface area contributed by atoms with E-state index in [1.165, 1.54) is 0 Å². The number of rotatable bonds is 10. The quantitative estimate of drug-likeness (QED) is 0.274. The molecule has 3 N–H and O–H groups in total. The Kier molecular flexibility index (Phi) is 12.2. The van der Waals surface area contributed by atoms with E-state index in [0.29, 0.717) is 5.92 Å². The van der Waals surface area contributed by atoms with Crippen LogP contribution in [0, 0.1) is 5.92 Å². The van der Waals surface area contributed by atoms with Gasteiger partial charge in [0.05, 0.1) is 6.10 Å². The second-order valence-corrected chi connectivity index (χ2v) is 9.87. The first-order valence-corrected chi connectivity index (χ1v) is 11.9. The smallest absolute Gasteiger partial charge is 0.407 e. The SMILES string of the molecule is CCNC(=NCCCN1CCC(O)CC1)N(C)CCC(NC(=O)OC(C)(C)C)C(C)C. The molecule has 182 valence electrons. The molecular weight excluding hydrogens is 394 g/mol. The number of amides is 1. The third kappa shape index (κ3) is 12.2. The number of aliphatic imine (C=N–C) groups is 1. The van der Waals surface area contributed by atoms with Crippen LogP contribution in [0.1, 0.15) is 67.2 Å². The highest BCUT2D eigenvalue weighted by Gasteiger charge is 2.22. The Morgan fingerprint density at radius 2 is 1.94 bits per heavy atom. The fourth-order valence-corrected chi connectivity index (χ4v) is 3.56. The van der Waals surface area contributed by atoms with Gasteiger partial charge in [-0.25, -0.2) is 4.79 Å². The molecule has 1 heterocycles. The largest absolute Gasteiger partial charge is 0.444 e. The van der Waals surface area contributed by atoms with Gasteiger partial charge in [0.25, 0.3) is 0 Å². The van der Waals surface area contributed by atoms with E-state index in [1.807, 2.05) is 27.8 Å². The number of nitrogens with one attached hydrogen (secondary N) is 2. The topological polar surface area (TPSA) is 89.4 Å². The van der Waals surface area contributed by atoms with Crippen LogP contribution in [0.2, 0.25) is 0 Å². The van der Waals surface area contributed by atoms with Gasteiger partial charge in [0.1, 0.15) is 5.60 Å². The molecular formula is C23H47N5O3. The lowest BCUT2D eigenvalue weighted by molar-refractivity contribution is 0.0485. The van der Waals surface area contributed by atoms with E-state index >= 15 is 0 Å². The number of aliphatic hydroxyl groups is 1. The van der Waals surface area contributed by atoms with Crippen molar-refractivity contribution in [3.63, 3.8) is 0 Å². The lowest BCUT2D eigenvalue weighted by Gasteiger charge is -2.29. The normalized spacial score (nSPS) is 17.5. The monoisotopic (exact) mass is 441 g/mol. The molecule has 0 radical (unpaired) electrons. The Balaban J connectivity index is 2.49. The minimum absolute atomic E-state index is 0.0367. The summed E-state index contributed by atoms with van der Waals surface area (Å²) < 4.78 is 5.41. The van der Waals surface area contributed by atoms with E-state index in [-0.39, 0.29) is 18.2 Å². The number of piperidine rings is 1. The van der Waals surface area contributed by atoms with Crippen molar-refractivity contribution >= 4 is 12.1 Å². The molecule has 1 fully saturated rings. The Bertz CT molecular complexity index is 540. The maximum atomic E-state index is 12.2. The Morgan fingerprint density at radius 1 is 1.29 bits per heavy atom. The summed E-state index contributed by atoms with van der Waals surface area (Å²) in [6.07, 6.45) is 3.09. The summed E-state index contributed by atoms with van der Waals surface area (Å²) in [5.74, 6) is 1.21. The van der Waals surface area contributed by atoms with E-state index < -0.39 is 5.60 Å². The van der Waals surface area contributed by atoms with Gasteiger partial charge in [-0.15, -0.1) is 0 Å². The van der Waals surface area contributed by atoms with Crippen LogP contribution in [0.3, 0.4) is 0 Å². The van der Waals surface area contributed by atoms with Gasteiger partial charge in [0.15, 0.2) is 5.96 Å². The number of carbonyl (C=O) groups is 1. The highest BCUT2D eigenvalue weighted by molar-refractivity contribution is 5.79. The second kappa shape index (κ2) is 13.8. The second-order valence-electron chi connectivity index (χ2n) is 9.87. The first kappa shape index (κ1) is 27.5. The predicted molar refractivity (Wildman–Crippen MR) is 128 cm³/mol. The van der Waals surface area contributed by atoms with Crippen LogP contribution < -0.4 is 10.6 Å². The van der Waals surface area contributed by atoms with Crippen LogP contribution in [0.5, 0.6) is 0 Å². The average Bonchev–Trinajstić information content (AvgIpc) is 2.67. The number of likely N-dealkylation sites (tertiary alicyclic amines) is 1. The number of carbonyl (C=O) groups excluding carboxylic acids is 1. The van der Waals surface area contributed by atoms with Crippen LogP contribution in [0.4, 0.5) is 4.79 Å². The first-order valence-electron chi connectivity index (χ1n) is 11.9. The number of aliphatic hydroxyl groups excluding tert-OH is 1. The molecule has 1 aliphatic heterocycles. The van der Waals surface area contributed by atoms with Gasteiger partial charge in [0, 0.05) is 45.8 Å². The maximum Gasteiger partial charge on any atom is 0.407 e. The van der Waals surface area contributed by atoms with E-state index in [9.17, 15) is 9.90 Å². The number of ether oxygens (including phenoxy) is 1.